The molecule has 0 aliphatic heterocycles. The number of rotatable bonds is 5. The first-order chi connectivity index (χ1) is 7.15. The fourth-order valence-corrected chi connectivity index (χ4v) is 1.08. The summed E-state index contributed by atoms with van der Waals surface area (Å²) >= 11 is 0. The molecule has 0 saturated carbocycles. The van der Waals surface area contributed by atoms with E-state index in [1.165, 1.54) is 7.11 Å². The van der Waals surface area contributed by atoms with Crippen molar-refractivity contribution in [3.63, 3.8) is 0 Å². The molecule has 0 fully saturated rings. The van der Waals surface area contributed by atoms with Gasteiger partial charge in [-0.2, -0.15) is 0 Å². The molecule has 1 atom stereocenters. The van der Waals surface area contributed by atoms with Crippen LogP contribution < -0.4 is 16.4 Å². The number of nitrogens with one attached hydrogen (secondary N) is 2. The maximum Gasteiger partial charge on any atom is 0.322 e. The lowest BCUT2D eigenvalue weighted by atomic mass is 10.2. The Labute approximate surface area is 90.3 Å². The number of nitrogens with zero attached hydrogens (tertiary/aromatic N) is 1. The van der Waals surface area contributed by atoms with E-state index in [0.717, 1.165) is 18.9 Å². The molecule has 6 nitrogen and oxygen atoms in total. The lowest BCUT2D eigenvalue weighted by Gasteiger charge is -2.10. The van der Waals surface area contributed by atoms with Gasteiger partial charge in [0, 0.05) is 20.6 Å². The summed E-state index contributed by atoms with van der Waals surface area (Å²) < 4.78 is 4.51. The topological polar surface area (TPSA) is 88.7 Å². The summed E-state index contributed by atoms with van der Waals surface area (Å²) in [5, 5.41) is 5.95. The van der Waals surface area contributed by atoms with Crippen molar-refractivity contribution in [2.24, 2.45) is 10.7 Å². The summed E-state index contributed by atoms with van der Waals surface area (Å²) in [7, 11) is 4.82. The molecule has 1 unspecified atom stereocenters. The van der Waals surface area contributed by atoms with E-state index < -0.39 is 6.04 Å². The number of carbonyl (C=O) groups excluding carboxylic acids is 1. The summed E-state index contributed by atoms with van der Waals surface area (Å²) in [5.74, 6) is 0.356. The third kappa shape index (κ3) is 5.90. The Kier molecular flexibility index (Phi) is 7.35. The molecule has 0 aliphatic carbocycles. The van der Waals surface area contributed by atoms with Gasteiger partial charge in [0.25, 0.3) is 0 Å². The molecule has 0 rings (SSSR count). The van der Waals surface area contributed by atoms with E-state index in [0.29, 0.717) is 6.42 Å². The van der Waals surface area contributed by atoms with Gasteiger partial charge in [-0.05, 0) is 12.8 Å². The third-order valence-corrected chi connectivity index (χ3v) is 1.95. The number of hydrogen-bond donors (Lipinski definition) is 3. The monoisotopic (exact) mass is 216 g/mol. The highest BCUT2D eigenvalue weighted by Crippen LogP contribution is 1.95. The second-order valence-corrected chi connectivity index (χ2v) is 3.02. The van der Waals surface area contributed by atoms with Crippen LogP contribution in [0.4, 0.5) is 0 Å². The molecule has 88 valence electrons. The van der Waals surface area contributed by atoms with Crippen molar-refractivity contribution in [3.8, 4) is 0 Å². The van der Waals surface area contributed by atoms with Gasteiger partial charge in [0.15, 0.2) is 5.96 Å². The predicted octanol–water partition coefficient (Wildman–Crippen LogP) is -0.938. The highest BCUT2D eigenvalue weighted by molar-refractivity contribution is 5.79. The van der Waals surface area contributed by atoms with Crippen molar-refractivity contribution in [2.45, 2.75) is 18.9 Å². The predicted molar refractivity (Wildman–Crippen MR) is 59.6 cm³/mol. The van der Waals surface area contributed by atoms with Gasteiger partial charge >= 0.3 is 5.97 Å². The molecule has 0 aliphatic rings. The fraction of sp³-hybridized carbons (Fsp3) is 0.778. The van der Waals surface area contributed by atoms with Gasteiger partial charge in [-0.25, -0.2) is 0 Å². The van der Waals surface area contributed by atoms with Gasteiger partial charge in [-0.1, -0.05) is 0 Å². The van der Waals surface area contributed by atoms with E-state index in [4.69, 9.17) is 5.73 Å². The molecule has 0 aromatic heterocycles. The number of methoxy groups -OCH3 is 1. The average molecular weight is 216 g/mol. The lowest BCUT2D eigenvalue weighted by Crippen LogP contribution is -2.37. The zero-order valence-corrected chi connectivity index (χ0v) is 9.54. The van der Waals surface area contributed by atoms with Crippen LogP contribution in [-0.2, 0) is 9.53 Å². The van der Waals surface area contributed by atoms with E-state index in [2.05, 4.69) is 20.4 Å². The van der Waals surface area contributed by atoms with Crippen LogP contribution in [0.5, 0.6) is 0 Å². The molecule has 0 saturated heterocycles. The Morgan fingerprint density at radius 2 is 2.27 bits per heavy atom. The van der Waals surface area contributed by atoms with Gasteiger partial charge in [0.2, 0.25) is 0 Å². The van der Waals surface area contributed by atoms with Gasteiger partial charge < -0.3 is 21.1 Å². The highest BCUT2D eigenvalue weighted by atomic mass is 16.5. The number of carbonyl (C=O) groups is 1. The number of nitrogens with two attached hydrogens (primary N) is 1. The van der Waals surface area contributed by atoms with Crippen LogP contribution >= 0.6 is 0 Å². The second-order valence-electron chi connectivity index (χ2n) is 3.02. The van der Waals surface area contributed by atoms with Gasteiger partial charge in [-0.3, -0.25) is 9.79 Å². The number of ether oxygens (including phenoxy) is 1. The minimum Gasteiger partial charge on any atom is -0.468 e. The van der Waals surface area contributed by atoms with Crippen LogP contribution in [0.1, 0.15) is 12.8 Å². The van der Waals surface area contributed by atoms with Crippen molar-refractivity contribution in [1.29, 1.82) is 0 Å². The standard InChI is InChI=1S/C9H20N4O2/c1-11-9(12-2)13-6-4-5-7(10)8(14)15-3/h7H,4-6,10H2,1-3H3,(H2,11,12,13). The minimum absolute atomic E-state index is 0.368. The van der Waals surface area contributed by atoms with Crippen LogP contribution in [0.25, 0.3) is 0 Å². The Morgan fingerprint density at radius 1 is 1.60 bits per heavy atom. The Morgan fingerprint density at radius 3 is 2.73 bits per heavy atom. The highest BCUT2D eigenvalue weighted by Gasteiger charge is 2.12. The number of esters is 1. The molecular weight excluding hydrogens is 196 g/mol. The summed E-state index contributed by atoms with van der Waals surface area (Å²) in [4.78, 5) is 14.9. The van der Waals surface area contributed by atoms with Crippen molar-refractivity contribution in [2.75, 3.05) is 27.7 Å². The van der Waals surface area contributed by atoms with Crippen LogP contribution in [-0.4, -0.2) is 45.7 Å². The Hall–Kier alpha value is -1.30. The van der Waals surface area contributed by atoms with Crippen molar-refractivity contribution < 1.29 is 9.53 Å². The molecule has 0 amide bonds. The molecule has 0 aromatic rings. The quantitative estimate of drug-likeness (QED) is 0.239. The van der Waals surface area contributed by atoms with Gasteiger partial charge in [0.1, 0.15) is 6.04 Å². The lowest BCUT2D eigenvalue weighted by molar-refractivity contribution is -0.142. The first kappa shape index (κ1) is 13.7. The third-order valence-electron chi connectivity index (χ3n) is 1.95. The molecule has 0 aromatic carbocycles. The van der Waals surface area contributed by atoms with Gasteiger partial charge in [-0.15, -0.1) is 0 Å². The molecular formula is C9H20N4O2. The van der Waals surface area contributed by atoms with E-state index in [-0.39, 0.29) is 5.97 Å². The van der Waals surface area contributed by atoms with Crippen molar-refractivity contribution in [3.05, 3.63) is 0 Å². The zero-order chi connectivity index (χ0) is 11.7. The normalized spacial score (nSPS) is 13.2. The molecule has 15 heavy (non-hydrogen) atoms. The second kappa shape index (κ2) is 8.05. The van der Waals surface area contributed by atoms with Crippen LogP contribution in [0.2, 0.25) is 0 Å². The number of guanidine groups is 1. The molecule has 0 spiro atoms. The van der Waals surface area contributed by atoms with E-state index in [9.17, 15) is 4.79 Å². The van der Waals surface area contributed by atoms with Crippen molar-refractivity contribution in [1.82, 2.24) is 10.6 Å². The molecule has 0 radical (unpaired) electrons. The van der Waals surface area contributed by atoms with E-state index in [1.807, 2.05) is 0 Å². The summed E-state index contributed by atoms with van der Waals surface area (Å²) in [6, 6.07) is -0.534. The molecule has 0 heterocycles. The minimum atomic E-state index is -0.534. The van der Waals surface area contributed by atoms with E-state index in [1.54, 1.807) is 14.1 Å². The van der Waals surface area contributed by atoms with Gasteiger partial charge in [0.05, 0.1) is 7.11 Å². The SMILES string of the molecule is CN=C(NC)NCCCC(N)C(=O)OC. The maximum absolute atomic E-state index is 10.9. The van der Waals surface area contributed by atoms with Crippen LogP contribution in [0, 0.1) is 0 Å². The number of hydrogen-bond acceptors (Lipinski definition) is 4. The maximum atomic E-state index is 10.9. The Bertz CT molecular complexity index is 218. The van der Waals surface area contributed by atoms with E-state index >= 15 is 0 Å². The van der Waals surface area contributed by atoms with Crippen LogP contribution in [0.15, 0.2) is 4.99 Å². The summed E-state index contributed by atoms with van der Waals surface area (Å²) in [6.07, 6.45) is 1.39. The Balaban J connectivity index is 3.58. The smallest absolute Gasteiger partial charge is 0.322 e. The molecule has 6 heteroatoms. The summed E-state index contributed by atoms with van der Waals surface area (Å²) in [5.41, 5.74) is 5.56. The summed E-state index contributed by atoms with van der Waals surface area (Å²) in [6.45, 7) is 0.720. The first-order valence-electron chi connectivity index (χ1n) is 4.87. The zero-order valence-electron chi connectivity index (χ0n) is 9.54. The average Bonchev–Trinajstić information content (AvgIpc) is 2.27. The van der Waals surface area contributed by atoms with Crippen molar-refractivity contribution >= 4 is 11.9 Å². The molecule has 0 bridgehead atoms. The largest absolute Gasteiger partial charge is 0.468 e. The fourth-order valence-electron chi connectivity index (χ4n) is 1.08. The molecule has 4 N–H and O–H groups in total. The first-order valence-corrected chi connectivity index (χ1v) is 4.87. The number of aliphatic imine (C=N–C) groups is 1. The van der Waals surface area contributed by atoms with Crippen LogP contribution in [0.3, 0.4) is 0 Å².